The maximum Gasteiger partial charge on any atom is 0.408 e. The Bertz CT molecular complexity index is 3090. The lowest BCUT2D eigenvalue weighted by Crippen LogP contribution is -2.36. The zero-order valence-corrected chi connectivity index (χ0v) is 37.1. The molecule has 3 aliphatic rings. The number of nitrogens with zero attached hydrogens (tertiary/aromatic N) is 5. The predicted molar refractivity (Wildman–Crippen MR) is 223 cm³/mol. The molecule has 24 heteroatoms. The lowest BCUT2D eigenvalue weighted by molar-refractivity contribution is -0.141. The van der Waals surface area contributed by atoms with Crippen LogP contribution in [0.5, 0.6) is 0 Å². The molecule has 3 aromatic heterocycles. The van der Waals surface area contributed by atoms with Gasteiger partial charge in [-0.1, -0.05) is 23.6 Å². The summed E-state index contributed by atoms with van der Waals surface area (Å²) in [7, 11) is -7.98. The van der Waals surface area contributed by atoms with Crippen LogP contribution in [0.15, 0.2) is 42.5 Å². The molecule has 0 unspecified atom stereocenters. The molecule has 2 saturated carbocycles. The largest absolute Gasteiger partial charge is 0.408 e. The van der Waals surface area contributed by atoms with Gasteiger partial charge in [0.2, 0.25) is 15.9 Å². The molecule has 0 aliphatic heterocycles. The molecule has 352 valence electrons. The first-order chi connectivity index (χ1) is 30.6. The molecule has 0 radical (unpaired) electrons. The smallest absolute Gasteiger partial charge is 0.346 e. The molecule has 0 saturated heterocycles. The van der Waals surface area contributed by atoms with Gasteiger partial charge in [-0.05, 0) is 93.7 Å². The van der Waals surface area contributed by atoms with E-state index in [2.05, 4.69) is 37.1 Å². The Hall–Kier alpha value is -5.34. The first-order valence-electron chi connectivity index (χ1n) is 20.2. The third kappa shape index (κ3) is 8.94. The van der Waals surface area contributed by atoms with Crippen molar-refractivity contribution in [3.8, 4) is 23.0 Å². The fourth-order valence-electron chi connectivity index (χ4n) is 8.65. The van der Waals surface area contributed by atoms with Crippen molar-refractivity contribution in [2.24, 2.45) is 5.92 Å². The van der Waals surface area contributed by atoms with Gasteiger partial charge in [-0.15, -0.1) is 0 Å². The number of pyridine rings is 1. The SMILES string of the molecule is CC(C)(C#Cc1ccc(-c2ccc(Cl)c3c(NS(C)(=O)=O)nn(CC(F)(F)F)c23)c([C@H](Cc2cc(F)cc(F)c2)NC(=O)Cn2nc(C(F)F)c3c2C(F)(F)[C@@H]2CC[C@H]32)n1)S(=O)(=O)C1CC1. The van der Waals surface area contributed by atoms with Crippen LogP contribution in [0.2, 0.25) is 5.02 Å². The van der Waals surface area contributed by atoms with Crippen molar-refractivity contribution < 1.29 is 61.1 Å². The van der Waals surface area contributed by atoms with Gasteiger partial charge >= 0.3 is 6.18 Å². The Morgan fingerprint density at radius 2 is 1.61 bits per heavy atom. The van der Waals surface area contributed by atoms with E-state index in [9.17, 15) is 52.4 Å². The average molecular weight is 990 g/mol. The Morgan fingerprint density at radius 3 is 2.20 bits per heavy atom. The van der Waals surface area contributed by atoms with E-state index in [1.165, 1.54) is 38.1 Å². The number of rotatable bonds is 13. The number of sulfone groups is 1. The number of sulfonamides is 1. The van der Waals surface area contributed by atoms with Gasteiger partial charge in [0.15, 0.2) is 15.7 Å². The highest BCUT2D eigenvalue weighted by molar-refractivity contribution is 7.93. The first kappa shape index (κ1) is 47.2. The molecule has 5 aromatic rings. The van der Waals surface area contributed by atoms with Crippen LogP contribution in [0.1, 0.15) is 91.8 Å². The minimum atomic E-state index is -4.96. The maximum atomic E-state index is 15.8. The molecule has 2 fully saturated rings. The molecule has 3 aliphatic carbocycles. The van der Waals surface area contributed by atoms with Crippen molar-refractivity contribution in [3.05, 3.63) is 93.0 Å². The number of amides is 1. The van der Waals surface area contributed by atoms with Crippen LogP contribution in [0.3, 0.4) is 0 Å². The van der Waals surface area contributed by atoms with E-state index in [4.69, 9.17) is 11.6 Å². The van der Waals surface area contributed by atoms with Crippen LogP contribution >= 0.6 is 11.6 Å². The summed E-state index contributed by atoms with van der Waals surface area (Å²) in [6.07, 6.45) is -6.99. The standard InChI is InChI=1S/C42H37ClF9N7O5S2/c1-40(2,66(63,64)24-5-6-24)13-12-23-4-7-25(26-9-11-29(43)33-36(26)59(19-41(48,49)50)56-39(33)57-65(3,61)62)34(53-23)30(16-20-14-21(44)17-22(45)15-20)54-31(60)18-58-37-32(35(55-58)38(46)47)27-8-10-28(27)42(37,51)52/h4,7,9,11,14-15,17,24,27-28,30,38H,5-6,8,10,16,18-19H2,1-3H3,(H,54,60)(H,56,57)/t27-,28+,30-/m0/s1. The predicted octanol–water partition coefficient (Wildman–Crippen LogP) is 8.50. The van der Waals surface area contributed by atoms with Crippen LogP contribution in [-0.2, 0) is 50.1 Å². The second-order valence-electron chi connectivity index (χ2n) is 17.1. The maximum absolute atomic E-state index is 15.8. The summed E-state index contributed by atoms with van der Waals surface area (Å²) in [5.41, 5.74) is -3.43. The van der Waals surface area contributed by atoms with Gasteiger partial charge in [0.25, 0.3) is 12.3 Å². The number of benzene rings is 2. The Kier molecular flexibility index (Phi) is 11.8. The minimum absolute atomic E-state index is 0.0382. The van der Waals surface area contributed by atoms with Crippen LogP contribution in [-0.4, -0.2) is 69.7 Å². The second kappa shape index (κ2) is 16.5. The van der Waals surface area contributed by atoms with Crippen molar-refractivity contribution in [1.82, 2.24) is 29.9 Å². The van der Waals surface area contributed by atoms with E-state index in [1.54, 1.807) is 0 Å². The fraction of sp³-hybridized carbons (Fsp3) is 0.429. The first-order valence-corrected chi connectivity index (χ1v) is 24.0. The third-order valence-electron chi connectivity index (χ3n) is 11.8. The number of fused-ring (bicyclic) bond motifs is 4. The van der Waals surface area contributed by atoms with Crippen LogP contribution in [0.25, 0.3) is 22.0 Å². The summed E-state index contributed by atoms with van der Waals surface area (Å²) in [6.45, 7) is -0.119. The van der Waals surface area contributed by atoms with Crippen molar-refractivity contribution in [2.45, 2.75) is 99.5 Å². The summed E-state index contributed by atoms with van der Waals surface area (Å²) >= 11 is 6.51. The van der Waals surface area contributed by atoms with Crippen LogP contribution in [0.4, 0.5) is 45.3 Å². The number of alkyl halides is 7. The highest BCUT2D eigenvalue weighted by Crippen LogP contribution is 2.63. The summed E-state index contributed by atoms with van der Waals surface area (Å²) in [6, 6.07) is 5.70. The number of hydrogen-bond donors (Lipinski definition) is 2. The van der Waals surface area contributed by atoms with E-state index in [0.29, 0.717) is 28.3 Å². The number of halogens is 10. The van der Waals surface area contributed by atoms with Crippen LogP contribution < -0.4 is 10.0 Å². The van der Waals surface area contributed by atoms with Gasteiger partial charge < -0.3 is 5.32 Å². The number of hydrogen-bond acceptors (Lipinski definition) is 8. The highest BCUT2D eigenvalue weighted by Gasteiger charge is 2.62. The molecule has 3 heterocycles. The lowest BCUT2D eigenvalue weighted by atomic mass is 9.73. The molecule has 1 amide bonds. The quantitative estimate of drug-likeness (QED) is 0.0879. The molecular weight excluding hydrogens is 953 g/mol. The number of carbonyl (C=O) groups is 1. The number of carbonyl (C=O) groups excluding carboxylic acids is 1. The van der Waals surface area contributed by atoms with Crippen molar-refractivity contribution in [2.75, 3.05) is 11.0 Å². The van der Waals surface area contributed by atoms with Crippen molar-refractivity contribution in [3.63, 3.8) is 0 Å². The molecule has 2 aromatic carbocycles. The van der Waals surface area contributed by atoms with Crippen LogP contribution in [0, 0.1) is 29.4 Å². The van der Waals surface area contributed by atoms with Gasteiger partial charge in [-0.3, -0.25) is 18.9 Å². The van der Waals surface area contributed by atoms with Gasteiger partial charge in [0.1, 0.15) is 46.6 Å². The number of anilines is 1. The van der Waals surface area contributed by atoms with Crippen molar-refractivity contribution in [1.29, 1.82) is 0 Å². The molecule has 66 heavy (non-hydrogen) atoms. The normalized spacial score (nSPS) is 18.6. The lowest BCUT2D eigenvalue weighted by Gasteiger charge is -2.34. The summed E-state index contributed by atoms with van der Waals surface area (Å²) in [4.78, 5) is 18.8. The monoisotopic (exact) mass is 989 g/mol. The molecular formula is C42H37ClF9N7O5S2. The highest BCUT2D eigenvalue weighted by atomic mass is 35.5. The number of nitrogens with one attached hydrogen (secondary N) is 2. The van der Waals surface area contributed by atoms with E-state index in [1.807, 2.05) is 0 Å². The average Bonchev–Trinajstić information content (AvgIpc) is 3.86. The fourth-order valence-corrected chi connectivity index (χ4v) is 11.2. The topological polar surface area (TPSA) is 158 Å². The zero-order valence-electron chi connectivity index (χ0n) is 34.8. The molecule has 0 bridgehead atoms. The molecule has 3 atom stereocenters. The summed E-state index contributed by atoms with van der Waals surface area (Å²) in [5.74, 6) is -4.31. The van der Waals surface area contributed by atoms with Gasteiger partial charge in [0.05, 0.1) is 39.2 Å². The Morgan fingerprint density at radius 1 is 0.939 bits per heavy atom. The Balaban J connectivity index is 1.32. The second-order valence-corrected chi connectivity index (χ2v) is 22.0. The molecule has 8 rings (SSSR count). The van der Waals surface area contributed by atoms with E-state index >= 15 is 8.78 Å². The molecule has 12 nitrogen and oxygen atoms in total. The van der Waals surface area contributed by atoms with Gasteiger partial charge in [-0.25, -0.2) is 39.4 Å². The zero-order chi connectivity index (χ0) is 48.1. The molecule has 2 N–H and O–H groups in total. The van der Waals surface area contributed by atoms with E-state index in [0.717, 1.165) is 18.4 Å². The minimum Gasteiger partial charge on any atom is -0.346 e. The summed E-state index contributed by atoms with van der Waals surface area (Å²) < 4.78 is 185. The number of aromatic nitrogens is 5. The van der Waals surface area contributed by atoms with E-state index < -0.39 is 126 Å². The molecule has 0 spiro atoms. The van der Waals surface area contributed by atoms with Crippen molar-refractivity contribution >= 4 is 54.1 Å². The third-order valence-corrected chi connectivity index (χ3v) is 15.6. The van der Waals surface area contributed by atoms with Gasteiger partial charge in [0, 0.05) is 28.7 Å². The van der Waals surface area contributed by atoms with E-state index in [-0.39, 0.29) is 56.9 Å². The summed E-state index contributed by atoms with van der Waals surface area (Å²) in [5, 5.41) is 8.99. The van der Waals surface area contributed by atoms with Gasteiger partial charge in [-0.2, -0.15) is 32.1 Å². The Labute approximate surface area is 376 Å².